The number of ether oxygens (including phenoxy) is 3. The zero-order valence-corrected chi connectivity index (χ0v) is 36.5. The SMILES string of the molecule is COC(=O)CCC(C(N)=O)N1Cc2c(CCCOCCN3CCN(CCCOc4cc5ncnc(Nc6n[nH]c(C)c6C)c5cc4[S+]([O-])C(C)(C)C)CC3)cccc2C1=O. The van der Waals surface area contributed by atoms with Crippen LogP contribution in [0.1, 0.15) is 79.2 Å². The van der Waals surface area contributed by atoms with Gasteiger partial charge < -0.3 is 39.6 Å². The lowest BCUT2D eigenvalue weighted by Gasteiger charge is -2.34. The summed E-state index contributed by atoms with van der Waals surface area (Å²) in [5.74, 6) is 0.519. The molecule has 0 aliphatic carbocycles. The Morgan fingerprint density at radius 1 is 1.02 bits per heavy atom. The zero-order chi connectivity index (χ0) is 43.0. The van der Waals surface area contributed by atoms with Crippen molar-refractivity contribution in [1.29, 1.82) is 0 Å². The van der Waals surface area contributed by atoms with Crippen LogP contribution in [0.4, 0.5) is 11.6 Å². The lowest BCUT2D eigenvalue weighted by Crippen LogP contribution is -2.47. The number of aryl methyl sites for hydroxylation is 2. The number of amides is 2. The molecule has 1 fully saturated rings. The molecule has 2 atom stereocenters. The molecule has 0 saturated carbocycles. The van der Waals surface area contributed by atoms with E-state index < -0.39 is 33.8 Å². The summed E-state index contributed by atoms with van der Waals surface area (Å²) < 4.78 is 30.4. The van der Waals surface area contributed by atoms with Gasteiger partial charge in [0, 0.05) is 93.2 Å². The molecule has 2 aromatic heterocycles. The average molecular weight is 846 g/mol. The minimum atomic E-state index is -1.35. The molecule has 2 unspecified atom stereocenters. The van der Waals surface area contributed by atoms with Crippen molar-refractivity contribution >= 4 is 51.5 Å². The highest BCUT2D eigenvalue weighted by molar-refractivity contribution is 7.92. The van der Waals surface area contributed by atoms with Crippen molar-refractivity contribution in [2.45, 2.75) is 89.0 Å². The molecule has 2 aliphatic heterocycles. The van der Waals surface area contributed by atoms with Gasteiger partial charge in [0.25, 0.3) is 5.91 Å². The Bertz CT molecular complexity index is 2130. The number of nitrogens with one attached hydrogen (secondary N) is 2. The smallest absolute Gasteiger partial charge is 0.305 e. The van der Waals surface area contributed by atoms with Crippen LogP contribution in [0.15, 0.2) is 41.6 Å². The van der Waals surface area contributed by atoms with E-state index in [2.05, 4.69) is 35.3 Å². The standard InChI is InChI=1S/C43H59N9O7S/c1-28-29(2)48-49-40(28)47-41-32-24-37(60(56)43(3,4)5)36(25-34(32)45-27-46-41)59-22-9-15-50-16-18-51(19-17-50)20-23-58-21-8-11-30-10-7-12-31-33(30)26-52(42(31)55)35(39(44)54)13-14-38(53)57-6/h7,10,12,24-25,27,35H,8-9,11,13-23,26H2,1-6H3,(H2,44,54)(H2,45,46,47,48,49). The van der Waals surface area contributed by atoms with Gasteiger partial charge in [-0.05, 0) is 88.7 Å². The van der Waals surface area contributed by atoms with Crippen LogP contribution < -0.4 is 15.8 Å². The van der Waals surface area contributed by atoms with Crippen molar-refractivity contribution in [3.63, 3.8) is 0 Å². The van der Waals surface area contributed by atoms with Gasteiger partial charge in [0.15, 0.2) is 16.5 Å². The van der Waals surface area contributed by atoms with Crippen LogP contribution in [0.25, 0.3) is 10.9 Å². The van der Waals surface area contributed by atoms with E-state index in [-0.39, 0.29) is 25.3 Å². The second-order valence-corrected chi connectivity index (χ2v) is 18.6. The number of H-pyrrole nitrogens is 1. The maximum atomic E-state index is 13.8. The molecule has 4 heterocycles. The number of piperazine rings is 1. The second-order valence-electron chi connectivity index (χ2n) is 16.4. The van der Waals surface area contributed by atoms with Gasteiger partial charge in [-0.1, -0.05) is 12.1 Å². The number of nitrogens with two attached hydrogens (primary N) is 1. The first-order chi connectivity index (χ1) is 28.7. The molecule has 2 aromatic carbocycles. The molecule has 2 amide bonds. The first kappa shape index (κ1) is 44.7. The van der Waals surface area contributed by atoms with Gasteiger partial charge in [-0.3, -0.25) is 24.4 Å². The zero-order valence-electron chi connectivity index (χ0n) is 35.7. The molecular weight excluding hydrogens is 787 g/mol. The molecule has 1 saturated heterocycles. The predicted octanol–water partition coefficient (Wildman–Crippen LogP) is 4.42. The normalized spacial score (nSPS) is 15.9. The van der Waals surface area contributed by atoms with E-state index >= 15 is 0 Å². The molecule has 60 heavy (non-hydrogen) atoms. The monoisotopic (exact) mass is 845 g/mol. The van der Waals surface area contributed by atoms with Crippen molar-refractivity contribution in [3.05, 3.63) is 64.6 Å². The molecule has 17 heteroatoms. The summed E-state index contributed by atoms with van der Waals surface area (Å²) in [4.78, 5) is 53.1. The van der Waals surface area contributed by atoms with Crippen LogP contribution >= 0.6 is 0 Å². The van der Waals surface area contributed by atoms with Crippen molar-refractivity contribution < 1.29 is 33.1 Å². The molecule has 324 valence electrons. The molecule has 0 spiro atoms. The summed E-state index contributed by atoms with van der Waals surface area (Å²) in [6.45, 7) is 17.4. The van der Waals surface area contributed by atoms with Gasteiger partial charge in [0.2, 0.25) is 5.91 Å². The van der Waals surface area contributed by atoms with Crippen LogP contribution in [0.5, 0.6) is 5.75 Å². The highest BCUT2D eigenvalue weighted by atomic mass is 32.2. The minimum absolute atomic E-state index is 0.00278. The topological polar surface area (TPSA) is 204 Å². The molecular formula is C43H59N9O7S. The number of aromatic amines is 1. The number of nitrogens with zero attached hydrogens (tertiary/aromatic N) is 6. The van der Waals surface area contributed by atoms with E-state index in [1.54, 1.807) is 6.07 Å². The Hall–Kier alpha value is -4.81. The molecule has 16 nitrogen and oxygen atoms in total. The third-order valence-electron chi connectivity index (χ3n) is 11.2. The fourth-order valence-corrected chi connectivity index (χ4v) is 8.74. The maximum Gasteiger partial charge on any atom is 0.305 e. The Kier molecular flexibility index (Phi) is 15.0. The van der Waals surface area contributed by atoms with E-state index in [9.17, 15) is 18.9 Å². The van der Waals surface area contributed by atoms with Crippen LogP contribution in [-0.2, 0) is 43.2 Å². The summed E-state index contributed by atoms with van der Waals surface area (Å²) in [5.41, 5.74) is 10.8. The number of esters is 1. The van der Waals surface area contributed by atoms with Crippen molar-refractivity contribution in [2.75, 3.05) is 71.5 Å². The fourth-order valence-electron chi connectivity index (χ4n) is 7.55. The van der Waals surface area contributed by atoms with Gasteiger partial charge in [0.1, 0.15) is 22.9 Å². The Labute approximate surface area is 355 Å². The Morgan fingerprint density at radius 3 is 2.45 bits per heavy atom. The Balaban J connectivity index is 0.914. The third kappa shape index (κ3) is 10.9. The van der Waals surface area contributed by atoms with Gasteiger partial charge in [-0.15, -0.1) is 0 Å². The van der Waals surface area contributed by atoms with Crippen molar-refractivity contribution in [1.82, 2.24) is 34.9 Å². The van der Waals surface area contributed by atoms with Crippen LogP contribution in [-0.4, -0.2) is 134 Å². The molecule has 2 aliphatic rings. The molecule has 4 N–H and O–H groups in total. The number of benzene rings is 2. The number of aromatic nitrogens is 4. The lowest BCUT2D eigenvalue weighted by atomic mass is 10.00. The number of hydrogen-bond acceptors (Lipinski definition) is 13. The molecule has 0 radical (unpaired) electrons. The lowest BCUT2D eigenvalue weighted by molar-refractivity contribution is -0.141. The summed E-state index contributed by atoms with van der Waals surface area (Å²) in [7, 11) is 1.29. The first-order valence-electron chi connectivity index (χ1n) is 20.7. The second kappa shape index (κ2) is 20.2. The van der Waals surface area contributed by atoms with E-state index in [1.165, 1.54) is 18.3 Å². The number of anilines is 2. The Morgan fingerprint density at radius 2 is 1.77 bits per heavy atom. The number of carbonyl (C=O) groups is 3. The van der Waals surface area contributed by atoms with Crippen molar-refractivity contribution in [2.24, 2.45) is 5.73 Å². The highest BCUT2D eigenvalue weighted by Crippen LogP contribution is 2.37. The summed E-state index contributed by atoms with van der Waals surface area (Å²) in [6.07, 6.45) is 4.00. The predicted molar refractivity (Wildman–Crippen MR) is 230 cm³/mol. The van der Waals surface area contributed by atoms with Gasteiger partial charge in [-0.2, -0.15) is 5.10 Å². The molecule has 0 bridgehead atoms. The number of hydrogen-bond donors (Lipinski definition) is 3. The average Bonchev–Trinajstić information content (AvgIpc) is 3.73. The molecule has 6 rings (SSSR count). The minimum Gasteiger partial charge on any atom is -0.611 e. The number of rotatable bonds is 20. The largest absolute Gasteiger partial charge is 0.611 e. The first-order valence-corrected chi connectivity index (χ1v) is 21.8. The van der Waals surface area contributed by atoms with Gasteiger partial charge in [0.05, 0.1) is 25.8 Å². The van der Waals surface area contributed by atoms with Crippen LogP contribution in [0.3, 0.4) is 0 Å². The quantitative estimate of drug-likeness (QED) is 0.0642. The number of primary amides is 1. The van der Waals surface area contributed by atoms with E-state index in [4.69, 9.17) is 19.9 Å². The van der Waals surface area contributed by atoms with E-state index in [0.717, 1.165) is 86.3 Å². The number of carbonyl (C=O) groups excluding carboxylic acids is 3. The number of fused-ring (bicyclic) bond motifs is 2. The number of methoxy groups -OCH3 is 1. The summed E-state index contributed by atoms with van der Waals surface area (Å²) in [5, 5.41) is 11.4. The summed E-state index contributed by atoms with van der Waals surface area (Å²) >= 11 is -1.35. The highest BCUT2D eigenvalue weighted by Gasteiger charge is 2.37. The summed E-state index contributed by atoms with van der Waals surface area (Å²) in [6, 6.07) is 8.53. The molecule has 4 aromatic rings. The maximum absolute atomic E-state index is 13.8. The fraction of sp³-hybridized carbons (Fsp3) is 0.535. The van der Waals surface area contributed by atoms with E-state index in [0.29, 0.717) is 53.2 Å². The van der Waals surface area contributed by atoms with Gasteiger partial charge >= 0.3 is 5.97 Å². The van der Waals surface area contributed by atoms with E-state index in [1.807, 2.05) is 58.9 Å². The van der Waals surface area contributed by atoms with Crippen LogP contribution in [0, 0.1) is 13.8 Å². The van der Waals surface area contributed by atoms with Crippen molar-refractivity contribution in [3.8, 4) is 5.75 Å². The third-order valence-corrected chi connectivity index (χ3v) is 13.1. The van der Waals surface area contributed by atoms with Gasteiger partial charge in [-0.25, -0.2) is 9.97 Å². The van der Waals surface area contributed by atoms with Crippen LogP contribution in [0.2, 0.25) is 0 Å².